The summed E-state index contributed by atoms with van der Waals surface area (Å²) in [5.41, 5.74) is 5.62. The number of aromatic nitrogens is 2. The molecule has 0 atom stereocenters. The third kappa shape index (κ3) is 7.54. The molecule has 0 bridgehead atoms. The molecule has 2 heterocycles. The van der Waals surface area contributed by atoms with Gasteiger partial charge in [0.1, 0.15) is 23.0 Å². The topological polar surface area (TPSA) is 86.8 Å². The van der Waals surface area contributed by atoms with Gasteiger partial charge in [-0.15, -0.1) is 0 Å². The Labute approximate surface area is 263 Å². The SMILES string of the molecule is COc1cccc(Nc2ccnc3cc(OCCCCCOc4ccc5c(Nc6cccc(OC)c6)ccnc5c4)ccc23)c1. The lowest BCUT2D eigenvalue weighted by Crippen LogP contribution is -2.01. The van der Waals surface area contributed by atoms with Gasteiger partial charge in [-0.1, -0.05) is 12.1 Å². The fourth-order valence-electron chi connectivity index (χ4n) is 5.13. The van der Waals surface area contributed by atoms with Gasteiger partial charge < -0.3 is 29.6 Å². The third-order valence-electron chi connectivity index (χ3n) is 7.45. The Morgan fingerprint density at radius 1 is 0.511 bits per heavy atom. The summed E-state index contributed by atoms with van der Waals surface area (Å²) in [6, 6.07) is 31.7. The average Bonchev–Trinajstić information content (AvgIpc) is 3.08. The van der Waals surface area contributed by atoms with Crippen LogP contribution < -0.4 is 29.6 Å². The second-order valence-corrected chi connectivity index (χ2v) is 10.5. The van der Waals surface area contributed by atoms with Crippen LogP contribution in [0.1, 0.15) is 19.3 Å². The van der Waals surface area contributed by atoms with E-state index in [9.17, 15) is 0 Å². The van der Waals surface area contributed by atoms with Crippen LogP contribution >= 0.6 is 0 Å². The van der Waals surface area contributed by atoms with E-state index in [2.05, 4.69) is 20.6 Å². The quantitative estimate of drug-likeness (QED) is 0.120. The highest BCUT2D eigenvalue weighted by atomic mass is 16.5. The van der Waals surface area contributed by atoms with Gasteiger partial charge in [0.25, 0.3) is 0 Å². The van der Waals surface area contributed by atoms with Crippen LogP contribution in [0.3, 0.4) is 0 Å². The molecule has 8 heteroatoms. The molecule has 6 aromatic rings. The van der Waals surface area contributed by atoms with Crippen LogP contribution in [0.5, 0.6) is 23.0 Å². The Balaban J connectivity index is 0.958. The van der Waals surface area contributed by atoms with Crippen LogP contribution in [0.4, 0.5) is 22.7 Å². The molecule has 2 N–H and O–H groups in total. The Morgan fingerprint density at radius 3 is 1.47 bits per heavy atom. The summed E-state index contributed by atoms with van der Waals surface area (Å²) in [7, 11) is 3.33. The maximum absolute atomic E-state index is 6.04. The lowest BCUT2D eigenvalue weighted by molar-refractivity contribution is 0.280. The summed E-state index contributed by atoms with van der Waals surface area (Å²) < 4.78 is 22.8. The molecule has 0 saturated heterocycles. The van der Waals surface area contributed by atoms with Crippen molar-refractivity contribution in [3.63, 3.8) is 0 Å². The lowest BCUT2D eigenvalue weighted by atomic mass is 10.1. The average molecular weight is 601 g/mol. The van der Waals surface area contributed by atoms with E-state index < -0.39 is 0 Å². The fraction of sp³-hybridized carbons (Fsp3) is 0.189. The molecule has 4 aromatic carbocycles. The molecule has 0 radical (unpaired) electrons. The van der Waals surface area contributed by atoms with Gasteiger partial charge in [-0.25, -0.2) is 0 Å². The molecule has 228 valence electrons. The van der Waals surface area contributed by atoms with Crippen molar-refractivity contribution in [2.45, 2.75) is 19.3 Å². The van der Waals surface area contributed by atoms with Gasteiger partial charge in [0.05, 0.1) is 38.5 Å². The Kier molecular flexibility index (Phi) is 9.41. The molecule has 2 aromatic heterocycles. The fourth-order valence-corrected chi connectivity index (χ4v) is 5.13. The number of fused-ring (bicyclic) bond motifs is 2. The minimum Gasteiger partial charge on any atom is -0.497 e. The molecule has 6 rings (SSSR count). The van der Waals surface area contributed by atoms with Crippen LogP contribution in [-0.4, -0.2) is 37.4 Å². The van der Waals surface area contributed by atoms with Crippen LogP contribution in [0.25, 0.3) is 21.8 Å². The number of benzene rings is 4. The number of nitrogens with zero attached hydrogens (tertiary/aromatic N) is 2. The molecule has 0 amide bonds. The second kappa shape index (κ2) is 14.3. The van der Waals surface area contributed by atoms with Crippen molar-refractivity contribution in [3.8, 4) is 23.0 Å². The van der Waals surface area contributed by atoms with Crippen molar-refractivity contribution < 1.29 is 18.9 Å². The van der Waals surface area contributed by atoms with E-state index in [-0.39, 0.29) is 0 Å². The van der Waals surface area contributed by atoms with E-state index >= 15 is 0 Å². The van der Waals surface area contributed by atoms with Gasteiger partial charge in [-0.05, 0) is 79.9 Å². The van der Waals surface area contributed by atoms with E-state index in [0.717, 1.165) is 86.8 Å². The molecule has 45 heavy (non-hydrogen) atoms. The summed E-state index contributed by atoms with van der Waals surface area (Å²) in [4.78, 5) is 9.10. The number of rotatable bonds is 14. The number of hydrogen-bond donors (Lipinski definition) is 2. The zero-order valence-electron chi connectivity index (χ0n) is 25.5. The number of ether oxygens (including phenoxy) is 4. The van der Waals surface area contributed by atoms with E-state index in [0.29, 0.717) is 13.2 Å². The number of nitrogens with one attached hydrogen (secondary N) is 2. The zero-order valence-corrected chi connectivity index (χ0v) is 25.5. The molecule has 0 aliphatic rings. The third-order valence-corrected chi connectivity index (χ3v) is 7.45. The largest absolute Gasteiger partial charge is 0.497 e. The van der Waals surface area contributed by atoms with Crippen LogP contribution in [0, 0.1) is 0 Å². The van der Waals surface area contributed by atoms with Crippen molar-refractivity contribution in [2.24, 2.45) is 0 Å². The number of anilines is 4. The van der Waals surface area contributed by atoms with Gasteiger partial charge in [0.2, 0.25) is 0 Å². The summed E-state index contributed by atoms with van der Waals surface area (Å²) in [5, 5.41) is 8.98. The monoisotopic (exact) mass is 600 g/mol. The van der Waals surface area contributed by atoms with Gasteiger partial charge in [-0.3, -0.25) is 9.97 Å². The maximum atomic E-state index is 6.04. The van der Waals surface area contributed by atoms with E-state index in [4.69, 9.17) is 18.9 Å². The van der Waals surface area contributed by atoms with E-state index in [1.54, 1.807) is 26.6 Å². The summed E-state index contributed by atoms with van der Waals surface area (Å²) in [6.07, 6.45) is 6.48. The Morgan fingerprint density at radius 2 is 1.00 bits per heavy atom. The first-order chi connectivity index (χ1) is 22.2. The molecule has 0 fully saturated rings. The van der Waals surface area contributed by atoms with Gasteiger partial charge in [-0.2, -0.15) is 0 Å². The molecule has 0 aliphatic carbocycles. The van der Waals surface area contributed by atoms with Crippen molar-refractivity contribution in [1.82, 2.24) is 9.97 Å². The molecule has 0 saturated carbocycles. The highest BCUT2D eigenvalue weighted by Crippen LogP contribution is 2.31. The van der Waals surface area contributed by atoms with Crippen LogP contribution in [-0.2, 0) is 0 Å². The van der Waals surface area contributed by atoms with Crippen molar-refractivity contribution in [3.05, 3.63) is 109 Å². The normalized spacial score (nSPS) is 10.9. The minimum atomic E-state index is 0.635. The first-order valence-corrected chi connectivity index (χ1v) is 15.0. The smallest absolute Gasteiger partial charge is 0.121 e. The van der Waals surface area contributed by atoms with Gasteiger partial charge in [0, 0.05) is 70.2 Å². The number of unbranched alkanes of at least 4 members (excludes halogenated alkanes) is 2. The predicted octanol–water partition coefficient (Wildman–Crippen LogP) is 8.92. The predicted molar refractivity (Wildman–Crippen MR) is 181 cm³/mol. The Bertz CT molecular complexity index is 1760. The Hall–Kier alpha value is -5.50. The van der Waals surface area contributed by atoms with E-state index in [1.807, 2.05) is 97.1 Å². The standard InChI is InChI=1S/C37H36N4O4/c1-42-28-10-6-8-26(22-28)40-34-16-18-38-36-24-30(12-14-32(34)36)44-20-4-3-5-21-45-31-13-15-33-35(17-19-39-37(33)25-31)41-27-9-7-11-29(23-27)43-2/h6-19,22-25H,3-5,20-21H2,1-2H3,(H,38,40)(H,39,41). The first-order valence-electron chi connectivity index (χ1n) is 15.0. The summed E-state index contributed by atoms with van der Waals surface area (Å²) >= 11 is 0. The van der Waals surface area contributed by atoms with Gasteiger partial charge in [0.15, 0.2) is 0 Å². The second-order valence-electron chi connectivity index (χ2n) is 10.5. The van der Waals surface area contributed by atoms with Crippen molar-refractivity contribution >= 4 is 44.6 Å². The van der Waals surface area contributed by atoms with Crippen LogP contribution in [0.2, 0.25) is 0 Å². The van der Waals surface area contributed by atoms with Crippen molar-refractivity contribution in [2.75, 3.05) is 38.1 Å². The highest BCUT2D eigenvalue weighted by Gasteiger charge is 2.07. The highest BCUT2D eigenvalue weighted by molar-refractivity contribution is 5.94. The first kappa shape index (κ1) is 29.6. The molecule has 0 unspecified atom stereocenters. The maximum Gasteiger partial charge on any atom is 0.121 e. The number of hydrogen-bond acceptors (Lipinski definition) is 8. The van der Waals surface area contributed by atoms with Crippen LogP contribution in [0.15, 0.2) is 109 Å². The summed E-state index contributed by atoms with van der Waals surface area (Å²) in [6.45, 7) is 1.27. The molecule has 0 spiro atoms. The molecule has 8 nitrogen and oxygen atoms in total. The summed E-state index contributed by atoms with van der Waals surface area (Å²) in [5.74, 6) is 3.24. The lowest BCUT2D eigenvalue weighted by Gasteiger charge is -2.12. The zero-order chi connectivity index (χ0) is 30.8. The van der Waals surface area contributed by atoms with E-state index in [1.165, 1.54) is 0 Å². The van der Waals surface area contributed by atoms with Crippen molar-refractivity contribution in [1.29, 1.82) is 0 Å². The number of methoxy groups -OCH3 is 2. The minimum absolute atomic E-state index is 0.635. The van der Waals surface area contributed by atoms with Gasteiger partial charge >= 0.3 is 0 Å². The number of pyridine rings is 2. The molecular weight excluding hydrogens is 564 g/mol. The molecular formula is C37H36N4O4. The molecule has 0 aliphatic heterocycles.